The molecule has 1 unspecified atom stereocenters. The van der Waals surface area contributed by atoms with Crippen LogP contribution in [0.5, 0.6) is 0 Å². The third-order valence-corrected chi connectivity index (χ3v) is 4.08. The molecule has 4 heteroatoms. The minimum Gasteiger partial charge on any atom is -0.319 e. The second-order valence-corrected chi connectivity index (χ2v) is 6.03. The zero-order valence-corrected chi connectivity index (χ0v) is 13.5. The van der Waals surface area contributed by atoms with Crippen LogP contribution in [0, 0.1) is 17.6 Å². The van der Waals surface area contributed by atoms with E-state index in [1.807, 2.05) is 19.2 Å². The molecule has 2 rings (SSSR count). The smallest absolute Gasteiger partial charge is 0.137 e. The lowest BCUT2D eigenvalue weighted by Gasteiger charge is -2.17. The van der Waals surface area contributed by atoms with Crippen LogP contribution < -0.4 is 5.32 Å². The first kappa shape index (κ1) is 16.1. The number of rotatable bonds is 6. The van der Waals surface area contributed by atoms with Crippen molar-refractivity contribution in [2.75, 3.05) is 13.6 Å². The molecule has 0 heterocycles. The molecule has 0 aliphatic heterocycles. The van der Waals surface area contributed by atoms with E-state index in [1.54, 1.807) is 18.2 Å². The SMILES string of the molecule is CNCC(Cc1ccc(F)c(Br)c1)Cc1ccccc1F. The lowest BCUT2D eigenvalue weighted by atomic mass is 9.92. The summed E-state index contributed by atoms with van der Waals surface area (Å²) in [4.78, 5) is 0. The Morgan fingerprint density at radius 2 is 1.81 bits per heavy atom. The minimum absolute atomic E-state index is 0.168. The topological polar surface area (TPSA) is 12.0 Å². The van der Waals surface area contributed by atoms with Crippen LogP contribution in [0.1, 0.15) is 11.1 Å². The largest absolute Gasteiger partial charge is 0.319 e. The van der Waals surface area contributed by atoms with Crippen LogP contribution in [0.2, 0.25) is 0 Å². The third kappa shape index (κ3) is 4.61. The van der Waals surface area contributed by atoms with Crippen LogP contribution >= 0.6 is 15.9 Å². The van der Waals surface area contributed by atoms with Gasteiger partial charge < -0.3 is 5.32 Å². The molecular weight excluding hydrogens is 336 g/mol. The van der Waals surface area contributed by atoms with Crippen molar-refractivity contribution in [1.29, 1.82) is 0 Å². The van der Waals surface area contributed by atoms with Crippen molar-refractivity contribution < 1.29 is 8.78 Å². The maximum atomic E-state index is 13.8. The van der Waals surface area contributed by atoms with Gasteiger partial charge in [-0.1, -0.05) is 24.3 Å². The van der Waals surface area contributed by atoms with E-state index < -0.39 is 0 Å². The fourth-order valence-electron chi connectivity index (χ4n) is 2.48. The van der Waals surface area contributed by atoms with Gasteiger partial charge in [0.2, 0.25) is 0 Å². The summed E-state index contributed by atoms with van der Waals surface area (Å²) in [6.07, 6.45) is 1.43. The number of benzene rings is 2. The van der Waals surface area contributed by atoms with Crippen molar-refractivity contribution in [3.8, 4) is 0 Å². The quantitative estimate of drug-likeness (QED) is 0.813. The summed E-state index contributed by atoms with van der Waals surface area (Å²) >= 11 is 3.20. The molecule has 0 aliphatic rings. The zero-order chi connectivity index (χ0) is 15.2. The first-order chi connectivity index (χ1) is 10.1. The fraction of sp³-hybridized carbons (Fsp3) is 0.294. The van der Waals surface area contributed by atoms with Crippen molar-refractivity contribution in [1.82, 2.24) is 5.32 Å². The molecule has 0 saturated heterocycles. The minimum atomic E-state index is -0.266. The van der Waals surface area contributed by atoms with Gasteiger partial charge >= 0.3 is 0 Å². The van der Waals surface area contributed by atoms with Gasteiger partial charge in [0.05, 0.1) is 4.47 Å². The molecule has 0 radical (unpaired) electrons. The van der Waals surface area contributed by atoms with Crippen molar-refractivity contribution in [2.24, 2.45) is 5.92 Å². The van der Waals surface area contributed by atoms with Crippen LogP contribution in [0.3, 0.4) is 0 Å². The van der Waals surface area contributed by atoms with Gasteiger partial charge in [-0.05, 0) is 77.6 Å². The molecule has 0 bridgehead atoms. The molecule has 0 spiro atoms. The summed E-state index contributed by atoms with van der Waals surface area (Å²) in [5.41, 5.74) is 1.76. The van der Waals surface area contributed by atoms with Crippen LogP contribution in [0.4, 0.5) is 8.78 Å². The number of hydrogen-bond donors (Lipinski definition) is 1. The molecule has 21 heavy (non-hydrogen) atoms. The van der Waals surface area contributed by atoms with Gasteiger partial charge in [0.15, 0.2) is 0 Å². The maximum absolute atomic E-state index is 13.8. The molecule has 112 valence electrons. The highest BCUT2D eigenvalue weighted by molar-refractivity contribution is 9.10. The maximum Gasteiger partial charge on any atom is 0.137 e. The predicted octanol–water partition coefficient (Wildman–Crippen LogP) is 4.35. The molecule has 0 fully saturated rings. The molecule has 2 aromatic carbocycles. The van der Waals surface area contributed by atoms with Crippen LogP contribution in [-0.4, -0.2) is 13.6 Å². The first-order valence-electron chi connectivity index (χ1n) is 6.92. The van der Waals surface area contributed by atoms with Gasteiger partial charge in [-0.15, -0.1) is 0 Å². The molecule has 1 nitrogen and oxygen atoms in total. The molecule has 1 atom stereocenters. The van der Waals surface area contributed by atoms with Gasteiger partial charge in [-0.3, -0.25) is 0 Å². The zero-order valence-electron chi connectivity index (χ0n) is 11.9. The van der Waals surface area contributed by atoms with Gasteiger partial charge in [0.25, 0.3) is 0 Å². The average molecular weight is 354 g/mol. The number of hydrogen-bond acceptors (Lipinski definition) is 1. The summed E-state index contributed by atoms with van der Waals surface area (Å²) in [6, 6.07) is 11.9. The Morgan fingerprint density at radius 3 is 2.48 bits per heavy atom. The lowest BCUT2D eigenvalue weighted by molar-refractivity contribution is 0.479. The molecular formula is C17H18BrF2N. The van der Waals surface area contributed by atoms with Crippen LogP contribution in [0.15, 0.2) is 46.9 Å². The first-order valence-corrected chi connectivity index (χ1v) is 7.71. The van der Waals surface area contributed by atoms with Crippen LogP contribution in [-0.2, 0) is 12.8 Å². The molecule has 1 N–H and O–H groups in total. The fourth-order valence-corrected chi connectivity index (χ4v) is 2.91. The molecule has 2 aromatic rings. The Bertz CT molecular complexity index is 601. The van der Waals surface area contributed by atoms with E-state index in [-0.39, 0.29) is 17.6 Å². The highest BCUT2D eigenvalue weighted by Crippen LogP contribution is 2.21. The Morgan fingerprint density at radius 1 is 1.05 bits per heavy atom. The van der Waals surface area contributed by atoms with Crippen molar-refractivity contribution in [3.05, 3.63) is 69.7 Å². The monoisotopic (exact) mass is 353 g/mol. The van der Waals surface area contributed by atoms with E-state index in [9.17, 15) is 8.78 Å². The summed E-state index contributed by atoms with van der Waals surface area (Å²) < 4.78 is 27.5. The van der Waals surface area contributed by atoms with Gasteiger partial charge in [0, 0.05) is 0 Å². The van der Waals surface area contributed by atoms with Crippen molar-refractivity contribution in [2.45, 2.75) is 12.8 Å². The summed E-state index contributed by atoms with van der Waals surface area (Å²) in [5, 5.41) is 3.15. The predicted molar refractivity (Wildman–Crippen MR) is 85.3 cm³/mol. The third-order valence-electron chi connectivity index (χ3n) is 3.47. The Balaban J connectivity index is 2.11. The highest BCUT2D eigenvalue weighted by Gasteiger charge is 2.13. The van der Waals surface area contributed by atoms with E-state index in [0.29, 0.717) is 10.9 Å². The van der Waals surface area contributed by atoms with Gasteiger partial charge in [0.1, 0.15) is 11.6 Å². The van der Waals surface area contributed by atoms with E-state index >= 15 is 0 Å². The molecule has 0 aliphatic carbocycles. The standard InChI is InChI=1S/C17H18BrF2N/c1-21-11-13(9-14-4-2-3-5-16(14)19)8-12-6-7-17(20)15(18)10-12/h2-7,10,13,21H,8-9,11H2,1H3. The summed E-state index contributed by atoms with van der Waals surface area (Å²) in [5.74, 6) is -0.179. The highest BCUT2D eigenvalue weighted by atomic mass is 79.9. The normalized spacial score (nSPS) is 12.4. The number of nitrogens with one attached hydrogen (secondary N) is 1. The Kier molecular flexibility index (Phi) is 5.88. The van der Waals surface area contributed by atoms with Gasteiger partial charge in [-0.2, -0.15) is 0 Å². The van der Waals surface area contributed by atoms with Crippen LogP contribution in [0.25, 0.3) is 0 Å². The summed E-state index contributed by atoms with van der Waals surface area (Å²) in [6.45, 7) is 0.781. The van der Waals surface area contributed by atoms with Crippen molar-refractivity contribution >= 4 is 15.9 Å². The van der Waals surface area contributed by atoms with E-state index in [2.05, 4.69) is 21.2 Å². The summed E-state index contributed by atoms with van der Waals surface area (Å²) in [7, 11) is 1.88. The van der Waals surface area contributed by atoms with E-state index in [1.165, 1.54) is 12.1 Å². The van der Waals surface area contributed by atoms with E-state index in [0.717, 1.165) is 24.1 Å². The molecule has 0 aromatic heterocycles. The Labute approximate surface area is 132 Å². The van der Waals surface area contributed by atoms with E-state index in [4.69, 9.17) is 0 Å². The molecule has 0 saturated carbocycles. The average Bonchev–Trinajstić information content (AvgIpc) is 2.46. The second-order valence-electron chi connectivity index (χ2n) is 5.17. The number of halogens is 3. The Hall–Kier alpha value is -1.26. The van der Waals surface area contributed by atoms with Crippen molar-refractivity contribution in [3.63, 3.8) is 0 Å². The molecule has 0 amide bonds. The lowest BCUT2D eigenvalue weighted by Crippen LogP contribution is -2.23. The second kappa shape index (κ2) is 7.66. The van der Waals surface area contributed by atoms with Gasteiger partial charge in [-0.25, -0.2) is 8.78 Å².